The van der Waals surface area contributed by atoms with E-state index < -0.39 is 11.5 Å². The Morgan fingerprint density at radius 1 is 1.05 bits per heavy atom. The minimum atomic E-state index is -0.471. The van der Waals surface area contributed by atoms with E-state index in [1.54, 1.807) is 30.3 Å². The average Bonchev–Trinajstić information content (AvgIpc) is 2.47. The summed E-state index contributed by atoms with van der Waals surface area (Å²) >= 11 is 0. The van der Waals surface area contributed by atoms with Gasteiger partial charge in [-0.2, -0.15) is 0 Å². The molecule has 0 aromatic heterocycles. The van der Waals surface area contributed by atoms with E-state index in [-0.39, 0.29) is 17.1 Å². The van der Waals surface area contributed by atoms with Gasteiger partial charge in [-0.05, 0) is 18.8 Å². The van der Waals surface area contributed by atoms with Gasteiger partial charge in [-0.1, -0.05) is 44.2 Å². The van der Waals surface area contributed by atoms with Crippen LogP contribution in [0.3, 0.4) is 0 Å². The highest BCUT2D eigenvalue weighted by molar-refractivity contribution is 6.12. The molecular formula is C18H20O4. The highest BCUT2D eigenvalue weighted by Crippen LogP contribution is 2.39. The largest absolute Gasteiger partial charge is 0.507 e. The molecule has 0 spiro atoms. The summed E-state index contributed by atoms with van der Waals surface area (Å²) in [7, 11) is 0. The van der Waals surface area contributed by atoms with Gasteiger partial charge in [-0.25, -0.2) is 0 Å². The molecule has 4 nitrogen and oxygen atoms in total. The molecule has 0 saturated heterocycles. The van der Waals surface area contributed by atoms with Gasteiger partial charge in [0.1, 0.15) is 22.8 Å². The summed E-state index contributed by atoms with van der Waals surface area (Å²) in [5.41, 5.74) is 0.502. The van der Waals surface area contributed by atoms with E-state index in [9.17, 15) is 20.1 Å². The molecule has 0 saturated carbocycles. The molecule has 0 bridgehead atoms. The van der Waals surface area contributed by atoms with Gasteiger partial charge in [0.05, 0.1) is 0 Å². The topological polar surface area (TPSA) is 77.8 Å². The second-order valence-corrected chi connectivity index (χ2v) is 5.74. The van der Waals surface area contributed by atoms with Crippen molar-refractivity contribution in [3.8, 4) is 17.2 Å². The molecule has 0 amide bonds. The van der Waals surface area contributed by atoms with Crippen LogP contribution in [0.2, 0.25) is 0 Å². The molecule has 3 N–H and O–H groups in total. The third-order valence-corrected chi connectivity index (χ3v) is 3.60. The van der Waals surface area contributed by atoms with Crippen molar-refractivity contribution in [2.45, 2.75) is 26.7 Å². The van der Waals surface area contributed by atoms with E-state index in [0.29, 0.717) is 23.5 Å². The van der Waals surface area contributed by atoms with Crippen LogP contribution in [-0.4, -0.2) is 21.1 Å². The Bertz CT molecular complexity index is 675. The number of carbonyl (C=O) groups excluding carboxylic acids is 1. The fourth-order valence-corrected chi connectivity index (χ4v) is 2.32. The van der Waals surface area contributed by atoms with Gasteiger partial charge in [0.15, 0.2) is 0 Å². The summed E-state index contributed by atoms with van der Waals surface area (Å²) in [6, 6.07) is 9.54. The van der Waals surface area contributed by atoms with Crippen LogP contribution in [0.5, 0.6) is 17.2 Å². The van der Waals surface area contributed by atoms with Crippen molar-refractivity contribution in [1.29, 1.82) is 0 Å². The quantitative estimate of drug-likeness (QED) is 0.737. The van der Waals surface area contributed by atoms with Crippen molar-refractivity contribution in [3.05, 3.63) is 53.1 Å². The first-order valence-electron chi connectivity index (χ1n) is 7.28. The number of ketones is 1. The third-order valence-electron chi connectivity index (χ3n) is 3.60. The first-order valence-corrected chi connectivity index (χ1v) is 7.28. The van der Waals surface area contributed by atoms with Gasteiger partial charge in [-0.3, -0.25) is 4.79 Å². The van der Waals surface area contributed by atoms with E-state index in [0.717, 1.165) is 12.5 Å². The second-order valence-electron chi connectivity index (χ2n) is 5.74. The average molecular weight is 300 g/mol. The fourth-order valence-electron chi connectivity index (χ4n) is 2.32. The maximum atomic E-state index is 12.5. The van der Waals surface area contributed by atoms with E-state index in [1.165, 1.54) is 0 Å². The molecule has 22 heavy (non-hydrogen) atoms. The predicted molar refractivity (Wildman–Crippen MR) is 84.5 cm³/mol. The van der Waals surface area contributed by atoms with Crippen LogP contribution in [0.15, 0.2) is 36.4 Å². The molecule has 0 aliphatic carbocycles. The van der Waals surface area contributed by atoms with Crippen LogP contribution in [0.1, 0.15) is 41.8 Å². The smallest absolute Gasteiger partial charge is 0.200 e. The van der Waals surface area contributed by atoms with Crippen LogP contribution in [-0.2, 0) is 6.42 Å². The van der Waals surface area contributed by atoms with Crippen LogP contribution < -0.4 is 0 Å². The molecule has 2 aromatic rings. The highest BCUT2D eigenvalue weighted by Gasteiger charge is 2.23. The van der Waals surface area contributed by atoms with Crippen LogP contribution in [0.4, 0.5) is 0 Å². The molecular weight excluding hydrogens is 280 g/mol. The molecule has 2 rings (SSSR count). The number of hydrogen-bond donors (Lipinski definition) is 3. The Hall–Kier alpha value is -2.49. The number of rotatable bonds is 5. The summed E-state index contributed by atoms with van der Waals surface area (Å²) in [6.45, 7) is 4.06. The Labute approximate surface area is 129 Å². The fraction of sp³-hybridized carbons (Fsp3) is 0.278. The van der Waals surface area contributed by atoms with Crippen LogP contribution >= 0.6 is 0 Å². The Kier molecular flexibility index (Phi) is 4.71. The zero-order valence-electron chi connectivity index (χ0n) is 12.7. The summed E-state index contributed by atoms with van der Waals surface area (Å²) in [4.78, 5) is 12.5. The van der Waals surface area contributed by atoms with Gasteiger partial charge < -0.3 is 15.3 Å². The lowest BCUT2D eigenvalue weighted by atomic mass is 9.94. The number of carbonyl (C=O) groups is 1. The standard InChI is InChI=1S/C18H20O4/c1-11(2)8-9-13-14(19)10-15(20)16(18(13)22)17(21)12-6-4-3-5-7-12/h3-7,10-11,19-20,22H,8-9H2,1-2H3. The number of hydrogen-bond acceptors (Lipinski definition) is 4. The van der Waals surface area contributed by atoms with E-state index >= 15 is 0 Å². The molecule has 4 heteroatoms. The molecule has 0 radical (unpaired) electrons. The summed E-state index contributed by atoms with van der Waals surface area (Å²) in [5.74, 6) is -1.04. The number of phenolic OH excluding ortho intramolecular Hbond substituents is 3. The molecule has 0 aliphatic heterocycles. The predicted octanol–water partition coefficient (Wildman–Crippen LogP) is 3.62. The molecule has 0 unspecified atom stereocenters. The van der Waals surface area contributed by atoms with Gasteiger partial charge in [0.25, 0.3) is 0 Å². The van der Waals surface area contributed by atoms with Gasteiger partial charge >= 0.3 is 0 Å². The maximum absolute atomic E-state index is 12.5. The van der Waals surface area contributed by atoms with Crippen molar-refractivity contribution >= 4 is 5.78 Å². The van der Waals surface area contributed by atoms with Crippen molar-refractivity contribution in [2.75, 3.05) is 0 Å². The molecule has 116 valence electrons. The summed E-state index contributed by atoms with van der Waals surface area (Å²) in [5, 5.41) is 30.2. The summed E-state index contributed by atoms with van der Waals surface area (Å²) < 4.78 is 0. The Balaban J connectivity index is 2.47. The molecule has 0 aliphatic rings. The minimum Gasteiger partial charge on any atom is -0.507 e. The molecule has 2 aromatic carbocycles. The van der Waals surface area contributed by atoms with Gasteiger partial charge in [0.2, 0.25) is 5.78 Å². The highest BCUT2D eigenvalue weighted by atomic mass is 16.3. The summed E-state index contributed by atoms with van der Waals surface area (Å²) in [6.07, 6.45) is 1.19. The van der Waals surface area contributed by atoms with E-state index in [4.69, 9.17) is 0 Å². The lowest BCUT2D eigenvalue weighted by Crippen LogP contribution is -2.04. The Morgan fingerprint density at radius 2 is 1.68 bits per heavy atom. The van der Waals surface area contributed by atoms with Crippen LogP contribution in [0.25, 0.3) is 0 Å². The monoisotopic (exact) mass is 300 g/mol. The van der Waals surface area contributed by atoms with Crippen LogP contribution in [0, 0.1) is 5.92 Å². The number of benzene rings is 2. The lowest BCUT2D eigenvalue weighted by molar-refractivity contribution is 0.103. The van der Waals surface area contributed by atoms with Crippen molar-refractivity contribution < 1.29 is 20.1 Å². The van der Waals surface area contributed by atoms with E-state index in [1.807, 2.05) is 13.8 Å². The van der Waals surface area contributed by atoms with Gasteiger partial charge in [-0.15, -0.1) is 0 Å². The molecule has 0 atom stereocenters. The first kappa shape index (κ1) is 15.9. The number of phenols is 3. The molecule has 0 fully saturated rings. The lowest BCUT2D eigenvalue weighted by Gasteiger charge is -2.14. The third kappa shape index (κ3) is 3.22. The SMILES string of the molecule is CC(C)CCc1c(O)cc(O)c(C(=O)c2ccccc2)c1O. The Morgan fingerprint density at radius 3 is 2.27 bits per heavy atom. The normalized spacial score (nSPS) is 10.9. The number of aromatic hydroxyl groups is 3. The van der Waals surface area contributed by atoms with Crippen molar-refractivity contribution in [2.24, 2.45) is 5.92 Å². The minimum absolute atomic E-state index is 0.164. The zero-order chi connectivity index (χ0) is 16.3. The zero-order valence-corrected chi connectivity index (χ0v) is 12.7. The van der Waals surface area contributed by atoms with Crippen molar-refractivity contribution in [3.63, 3.8) is 0 Å². The van der Waals surface area contributed by atoms with Gasteiger partial charge in [0, 0.05) is 17.2 Å². The van der Waals surface area contributed by atoms with E-state index in [2.05, 4.69) is 0 Å². The maximum Gasteiger partial charge on any atom is 0.200 e. The van der Waals surface area contributed by atoms with Crippen molar-refractivity contribution in [1.82, 2.24) is 0 Å². The first-order chi connectivity index (χ1) is 10.4. The second kappa shape index (κ2) is 6.52. The molecule has 0 heterocycles.